The molecule has 8 nitrogen and oxygen atoms in total. The minimum absolute atomic E-state index is 0.0451. The van der Waals surface area contributed by atoms with Gasteiger partial charge in [-0.15, -0.1) is 0 Å². The van der Waals surface area contributed by atoms with E-state index in [-0.39, 0.29) is 17.5 Å². The summed E-state index contributed by atoms with van der Waals surface area (Å²) >= 11 is 0. The van der Waals surface area contributed by atoms with Crippen LogP contribution in [-0.2, 0) is 0 Å². The number of hydrogen-bond acceptors (Lipinski definition) is 5. The average Bonchev–Trinajstić information content (AvgIpc) is 3.63. The maximum absolute atomic E-state index is 12.9. The van der Waals surface area contributed by atoms with E-state index in [0.29, 0.717) is 22.5 Å². The first-order valence-corrected chi connectivity index (χ1v) is 11.8. The number of aromatic amines is 2. The van der Waals surface area contributed by atoms with Gasteiger partial charge in [-0.1, -0.05) is 0 Å². The van der Waals surface area contributed by atoms with Crippen LogP contribution in [0.3, 0.4) is 0 Å². The number of rotatable bonds is 5. The quantitative estimate of drug-likeness (QED) is 0.429. The van der Waals surface area contributed by atoms with Gasteiger partial charge in [0.25, 0.3) is 11.5 Å². The largest absolute Gasteiger partial charge is 0.354 e. The minimum atomic E-state index is -0.278. The van der Waals surface area contributed by atoms with E-state index in [2.05, 4.69) is 30.4 Å². The normalized spacial score (nSPS) is 17.2. The number of H-pyrrole nitrogens is 2. The van der Waals surface area contributed by atoms with Crippen molar-refractivity contribution in [3.05, 3.63) is 70.8 Å². The van der Waals surface area contributed by atoms with Crippen LogP contribution in [0.1, 0.15) is 36.0 Å². The van der Waals surface area contributed by atoms with Gasteiger partial charge < -0.3 is 15.2 Å². The molecule has 0 radical (unpaired) electrons. The van der Waals surface area contributed by atoms with Crippen molar-refractivity contribution in [3.8, 4) is 22.5 Å². The Labute approximate surface area is 196 Å². The van der Waals surface area contributed by atoms with E-state index in [4.69, 9.17) is 0 Å². The highest BCUT2D eigenvalue weighted by molar-refractivity contribution is 5.99. The number of likely N-dealkylation sites (tertiary alicyclic amines) is 1. The third kappa shape index (κ3) is 4.12. The van der Waals surface area contributed by atoms with Gasteiger partial charge in [-0.3, -0.25) is 14.6 Å². The monoisotopic (exact) mass is 454 g/mol. The molecule has 1 saturated heterocycles. The summed E-state index contributed by atoms with van der Waals surface area (Å²) in [4.78, 5) is 35.3. The van der Waals surface area contributed by atoms with Crippen molar-refractivity contribution in [1.29, 1.82) is 0 Å². The summed E-state index contributed by atoms with van der Waals surface area (Å²) in [7, 11) is 0. The fourth-order valence-corrected chi connectivity index (χ4v) is 4.81. The van der Waals surface area contributed by atoms with Gasteiger partial charge in [0.1, 0.15) is 0 Å². The van der Waals surface area contributed by atoms with Crippen LogP contribution in [0.4, 0.5) is 0 Å². The van der Waals surface area contributed by atoms with E-state index in [9.17, 15) is 9.59 Å². The lowest BCUT2D eigenvalue weighted by Gasteiger charge is -2.32. The van der Waals surface area contributed by atoms with Crippen molar-refractivity contribution in [2.24, 2.45) is 0 Å². The highest BCUT2D eigenvalue weighted by atomic mass is 16.1. The first-order chi connectivity index (χ1) is 16.6. The zero-order valence-corrected chi connectivity index (χ0v) is 18.8. The molecule has 3 aromatic heterocycles. The third-order valence-electron chi connectivity index (χ3n) is 6.88. The van der Waals surface area contributed by atoms with Gasteiger partial charge in [-0.2, -0.15) is 5.10 Å². The fourth-order valence-electron chi connectivity index (χ4n) is 4.81. The second-order valence-corrected chi connectivity index (χ2v) is 9.23. The van der Waals surface area contributed by atoms with Crippen LogP contribution in [0.5, 0.6) is 0 Å². The molecule has 34 heavy (non-hydrogen) atoms. The smallest absolute Gasteiger partial charge is 0.273 e. The number of hydrogen-bond donors (Lipinski definition) is 3. The van der Waals surface area contributed by atoms with E-state index in [1.54, 1.807) is 18.5 Å². The maximum Gasteiger partial charge on any atom is 0.273 e. The van der Waals surface area contributed by atoms with Crippen LogP contribution in [0.25, 0.3) is 33.4 Å². The number of nitrogens with zero attached hydrogens (tertiary/aromatic N) is 3. The van der Waals surface area contributed by atoms with Crippen molar-refractivity contribution in [3.63, 3.8) is 0 Å². The van der Waals surface area contributed by atoms with Gasteiger partial charge >= 0.3 is 0 Å². The number of benzene rings is 1. The molecule has 1 amide bonds. The van der Waals surface area contributed by atoms with Gasteiger partial charge in [-0.05, 0) is 68.1 Å². The molecule has 2 aliphatic rings. The number of carbonyl (C=O) groups is 1. The number of fused-ring (bicyclic) bond motifs is 1. The first kappa shape index (κ1) is 20.8. The molecular formula is C26H26N6O2. The summed E-state index contributed by atoms with van der Waals surface area (Å²) in [6.45, 7) is 2.13. The molecular weight excluding hydrogens is 428 g/mol. The number of aromatic nitrogens is 4. The lowest BCUT2D eigenvalue weighted by Crippen LogP contribution is -2.45. The number of nitrogens with one attached hydrogen (secondary N) is 3. The molecule has 1 aliphatic heterocycles. The number of piperidine rings is 1. The standard InChI is InChI=1S/C26H26N6O2/c33-25(28-19-7-11-32(12-8-19)20-2-3-20)17-1-4-22-18(13-17)14-24(29-22)21-15-23(30-31-26(21)34)16-5-9-27-10-6-16/h1,4-6,9-10,13-15,19-20,29H,2-3,7-8,11-12H2,(H,28,33)(H,31,34). The van der Waals surface area contributed by atoms with Gasteiger partial charge in [-0.25, -0.2) is 5.10 Å². The molecule has 3 N–H and O–H groups in total. The van der Waals surface area contributed by atoms with Gasteiger partial charge in [0, 0.05) is 59.6 Å². The summed E-state index contributed by atoms with van der Waals surface area (Å²) < 4.78 is 0. The van der Waals surface area contributed by atoms with E-state index in [1.807, 2.05) is 36.4 Å². The Hall–Kier alpha value is -3.78. The summed E-state index contributed by atoms with van der Waals surface area (Å²) in [6.07, 6.45) is 8.03. The van der Waals surface area contributed by atoms with E-state index < -0.39 is 0 Å². The molecule has 0 unspecified atom stereocenters. The molecule has 0 bridgehead atoms. The molecule has 0 spiro atoms. The predicted molar refractivity (Wildman–Crippen MR) is 130 cm³/mol. The maximum atomic E-state index is 12.9. The lowest BCUT2D eigenvalue weighted by molar-refractivity contribution is 0.0909. The molecule has 2 fully saturated rings. The summed E-state index contributed by atoms with van der Waals surface area (Å²) in [5.74, 6) is -0.0451. The summed E-state index contributed by atoms with van der Waals surface area (Å²) in [5, 5.41) is 10.8. The van der Waals surface area contributed by atoms with E-state index >= 15 is 0 Å². The van der Waals surface area contributed by atoms with Crippen LogP contribution >= 0.6 is 0 Å². The molecule has 1 aromatic carbocycles. The SMILES string of the molecule is O=C(NC1CCN(C2CC2)CC1)c1ccc2[nH]c(-c3cc(-c4ccncc4)n[nH]c3=O)cc2c1. The Morgan fingerprint density at radius 2 is 1.79 bits per heavy atom. The van der Waals surface area contributed by atoms with Gasteiger partial charge in [0.2, 0.25) is 0 Å². The van der Waals surface area contributed by atoms with E-state index in [1.165, 1.54) is 12.8 Å². The Morgan fingerprint density at radius 1 is 1.00 bits per heavy atom. The number of pyridine rings is 1. The second kappa shape index (κ2) is 8.53. The Morgan fingerprint density at radius 3 is 2.56 bits per heavy atom. The molecule has 8 heteroatoms. The fraction of sp³-hybridized carbons (Fsp3) is 0.308. The van der Waals surface area contributed by atoms with Gasteiger partial charge in [0.05, 0.1) is 17.0 Å². The molecule has 1 saturated carbocycles. The van der Waals surface area contributed by atoms with Crippen molar-refractivity contribution >= 4 is 16.8 Å². The topological polar surface area (TPSA) is 107 Å². The van der Waals surface area contributed by atoms with Crippen LogP contribution in [-0.4, -0.2) is 56.1 Å². The first-order valence-electron chi connectivity index (χ1n) is 11.8. The Bertz CT molecular complexity index is 1400. The Balaban J connectivity index is 1.22. The molecule has 4 heterocycles. The number of carbonyl (C=O) groups excluding carboxylic acids is 1. The Kier molecular flexibility index (Phi) is 5.22. The average molecular weight is 455 g/mol. The zero-order chi connectivity index (χ0) is 23.1. The van der Waals surface area contributed by atoms with E-state index in [0.717, 1.165) is 48.4 Å². The van der Waals surface area contributed by atoms with Crippen LogP contribution < -0.4 is 10.9 Å². The van der Waals surface area contributed by atoms with Crippen molar-refractivity contribution in [1.82, 2.24) is 30.4 Å². The molecule has 172 valence electrons. The summed E-state index contributed by atoms with van der Waals surface area (Å²) in [5.41, 5.74) is 3.91. The zero-order valence-electron chi connectivity index (χ0n) is 18.8. The predicted octanol–water partition coefficient (Wildman–Crippen LogP) is 3.34. The lowest BCUT2D eigenvalue weighted by atomic mass is 10.0. The second-order valence-electron chi connectivity index (χ2n) is 9.23. The number of amides is 1. The highest BCUT2D eigenvalue weighted by Gasteiger charge is 2.32. The van der Waals surface area contributed by atoms with Crippen LogP contribution in [0.15, 0.2) is 59.7 Å². The van der Waals surface area contributed by atoms with Gasteiger partial charge in [0.15, 0.2) is 0 Å². The van der Waals surface area contributed by atoms with Crippen LogP contribution in [0, 0.1) is 0 Å². The van der Waals surface area contributed by atoms with Crippen molar-refractivity contribution in [2.45, 2.75) is 37.8 Å². The molecule has 1 aliphatic carbocycles. The highest BCUT2D eigenvalue weighted by Crippen LogP contribution is 2.29. The van der Waals surface area contributed by atoms with Crippen LogP contribution in [0.2, 0.25) is 0 Å². The molecule has 4 aromatic rings. The summed E-state index contributed by atoms with van der Waals surface area (Å²) in [6, 6.07) is 14.0. The van der Waals surface area contributed by atoms with Crippen molar-refractivity contribution in [2.75, 3.05) is 13.1 Å². The third-order valence-corrected chi connectivity index (χ3v) is 6.88. The molecule has 0 atom stereocenters. The molecule has 6 rings (SSSR count). The minimum Gasteiger partial charge on any atom is -0.354 e. The van der Waals surface area contributed by atoms with Crippen molar-refractivity contribution < 1.29 is 4.79 Å².